The summed E-state index contributed by atoms with van der Waals surface area (Å²) in [7, 11) is 1.35. The van der Waals surface area contributed by atoms with Gasteiger partial charge in [0.05, 0.1) is 19.3 Å². The van der Waals surface area contributed by atoms with Gasteiger partial charge in [-0.05, 0) is 24.3 Å². The molecular weight excluding hydrogens is 278 g/mol. The number of amides is 1. The molecule has 0 spiro atoms. The second-order valence-corrected chi connectivity index (χ2v) is 4.23. The van der Waals surface area contributed by atoms with Gasteiger partial charge in [0.15, 0.2) is 11.6 Å². The zero-order valence-electron chi connectivity index (χ0n) is 11.3. The Balaban J connectivity index is 1.94. The van der Waals surface area contributed by atoms with E-state index in [-0.39, 0.29) is 18.0 Å². The van der Waals surface area contributed by atoms with Gasteiger partial charge in [-0.25, -0.2) is 8.78 Å². The fraction of sp³-hybridized carbons (Fsp3) is 0.133. The quantitative estimate of drug-likeness (QED) is 0.890. The first-order valence-corrected chi connectivity index (χ1v) is 6.22. The highest BCUT2D eigenvalue weighted by Crippen LogP contribution is 2.21. The van der Waals surface area contributed by atoms with Gasteiger partial charge in [0.2, 0.25) is 5.91 Å². The average molecular weight is 292 g/mol. The number of anilines is 2. The van der Waals surface area contributed by atoms with Crippen LogP contribution in [0.25, 0.3) is 0 Å². The molecule has 0 heterocycles. The number of nitrogens with one attached hydrogen (secondary N) is 2. The minimum absolute atomic E-state index is 0.0783. The average Bonchev–Trinajstić information content (AvgIpc) is 2.49. The summed E-state index contributed by atoms with van der Waals surface area (Å²) in [5.41, 5.74) is 0.637. The lowest BCUT2D eigenvalue weighted by Gasteiger charge is -2.09. The Morgan fingerprint density at radius 2 is 1.90 bits per heavy atom. The van der Waals surface area contributed by atoms with Crippen LogP contribution in [0.15, 0.2) is 42.5 Å². The van der Waals surface area contributed by atoms with E-state index in [1.165, 1.54) is 43.5 Å². The normalized spacial score (nSPS) is 10.0. The summed E-state index contributed by atoms with van der Waals surface area (Å²) in [5, 5.41) is 5.24. The Hall–Kier alpha value is -2.63. The number of ether oxygens (including phenoxy) is 1. The second-order valence-electron chi connectivity index (χ2n) is 4.23. The molecule has 0 radical (unpaired) electrons. The second kappa shape index (κ2) is 6.69. The van der Waals surface area contributed by atoms with E-state index in [1.54, 1.807) is 6.07 Å². The molecule has 0 atom stereocenters. The Morgan fingerprint density at radius 1 is 1.14 bits per heavy atom. The van der Waals surface area contributed by atoms with E-state index in [2.05, 4.69) is 10.6 Å². The molecule has 0 saturated heterocycles. The van der Waals surface area contributed by atoms with Crippen LogP contribution in [0, 0.1) is 11.6 Å². The van der Waals surface area contributed by atoms with Gasteiger partial charge >= 0.3 is 0 Å². The smallest absolute Gasteiger partial charge is 0.243 e. The number of methoxy groups -OCH3 is 1. The van der Waals surface area contributed by atoms with Gasteiger partial charge in [0.25, 0.3) is 0 Å². The van der Waals surface area contributed by atoms with Gasteiger partial charge < -0.3 is 15.4 Å². The summed E-state index contributed by atoms with van der Waals surface area (Å²) in [6, 6.07) is 10.0. The molecule has 110 valence electrons. The monoisotopic (exact) mass is 292 g/mol. The van der Waals surface area contributed by atoms with Crippen molar-refractivity contribution in [3.05, 3.63) is 54.1 Å². The van der Waals surface area contributed by atoms with E-state index in [1.807, 2.05) is 0 Å². The maximum atomic E-state index is 13.4. The third-order valence-corrected chi connectivity index (χ3v) is 2.75. The van der Waals surface area contributed by atoms with Crippen LogP contribution >= 0.6 is 0 Å². The summed E-state index contributed by atoms with van der Waals surface area (Å²) < 4.78 is 31.4. The minimum Gasteiger partial charge on any atom is -0.494 e. The fourth-order valence-corrected chi connectivity index (χ4v) is 1.71. The van der Waals surface area contributed by atoms with Crippen LogP contribution in [0.3, 0.4) is 0 Å². The molecule has 0 bridgehead atoms. The lowest BCUT2D eigenvalue weighted by molar-refractivity contribution is -0.114. The highest BCUT2D eigenvalue weighted by molar-refractivity contribution is 5.93. The predicted octanol–water partition coefficient (Wildman–Crippen LogP) is 3.02. The molecule has 2 rings (SSSR count). The molecule has 0 saturated carbocycles. The number of carbonyl (C=O) groups is 1. The standard InChI is InChI=1S/C15H14F2N2O2/c1-21-14-8-10(6-7-12(14)17)18-9-15(20)19-13-5-3-2-4-11(13)16/h2-8,18H,9H2,1H3,(H,19,20). The minimum atomic E-state index is -0.505. The Bertz CT molecular complexity index is 647. The number of rotatable bonds is 5. The summed E-state index contributed by atoms with van der Waals surface area (Å²) in [6.07, 6.45) is 0. The number of hydrogen-bond donors (Lipinski definition) is 2. The van der Waals surface area contributed by atoms with Crippen LogP contribution in [0.1, 0.15) is 0 Å². The summed E-state index contributed by atoms with van der Waals surface area (Å²) in [6.45, 7) is -0.0802. The SMILES string of the molecule is COc1cc(NCC(=O)Nc2ccccc2F)ccc1F. The molecule has 1 amide bonds. The fourth-order valence-electron chi connectivity index (χ4n) is 1.71. The van der Waals surface area contributed by atoms with Gasteiger partial charge in [-0.3, -0.25) is 4.79 Å². The number of para-hydroxylation sites is 1. The first kappa shape index (κ1) is 14.8. The van der Waals surface area contributed by atoms with Crippen LogP contribution in [-0.4, -0.2) is 19.6 Å². The lowest BCUT2D eigenvalue weighted by atomic mass is 10.3. The molecule has 6 heteroatoms. The van der Waals surface area contributed by atoms with Gasteiger partial charge in [-0.2, -0.15) is 0 Å². The number of halogens is 2. The maximum Gasteiger partial charge on any atom is 0.243 e. The van der Waals surface area contributed by atoms with Crippen LogP contribution < -0.4 is 15.4 Å². The van der Waals surface area contributed by atoms with Crippen LogP contribution in [-0.2, 0) is 4.79 Å². The van der Waals surface area contributed by atoms with Gasteiger partial charge in [0, 0.05) is 11.8 Å². The molecule has 0 fully saturated rings. The van der Waals surface area contributed by atoms with Gasteiger partial charge in [-0.15, -0.1) is 0 Å². The van der Waals surface area contributed by atoms with Crippen molar-refractivity contribution in [2.24, 2.45) is 0 Å². The third-order valence-electron chi connectivity index (χ3n) is 2.75. The van der Waals surface area contributed by atoms with Crippen molar-refractivity contribution in [1.29, 1.82) is 0 Å². The van der Waals surface area contributed by atoms with E-state index in [0.717, 1.165) is 0 Å². The van der Waals surface area contributed by atoms with Crippen LogP contribution in [0.2, 0.25) is 0 Å². The highest BCUT2D eigenvalue weighted by Gasteiger charge is 2.07. The van der Waals surface area contributed by atoms with Gasteiger partial charge in [-0.1, -0.05) is 12.1 Å². The highest BCUT2D eigenvalue weighted by atomic mass is 19.1. The molecule has 2 aromatic rings. The van der Waals surface area contributed by atoms with Crippen LogP contribution in [0.4, 0.5) is 20.2 Å². The van der Waals surface area contributed by atoms with Crippen molar-refractivity contribution in [2.75, 3.05) is 24.3 Å². The molecule has 2 aromatic carbocycles. The first-order valence-electron chi connectivity index (χ1n) is 6.22. The summed E-state index contributed by atoms with van der Waals surface area (Å²) >= 11 is 0. The largest absolute Gasteiger partial charge is 0.494 e. The third kappa shape index (κ3) is 3.92. The molecule has 0 aliphatic rings. The number of benzene rings is 2. The van der Waals surface area contributed by atoms with E-state index in [9.17, 15) is 13.6 Å². The maximum absolute atomic E-state index is 13.4. The first-order chi connectivity index (χ1) is 10.1. The van der Waals surface area contributed by atoms with E-state index in [0.29, 0.717) is 5.69 Å². The Morgan fingerprint density at radius 3 is 2.62 bits per heavy atom. The van der Waals surface area contributed by atoms with Crippen LogP contribution in [0.5, 0.6) is 5.75 Å². The Kier molecular flexibility index (Phi) is 4.71. The Labute approximate surface area is 120 Å². The molecule has 0 aromatic heterocycles. The molecule has 0 aliphatic heterocycles. The van der Waals surface area contributed by atoms with Crippen molar-refractivity contribution in [3.63, 3.8) is 0 Å². The summed E-state index contributed by atoms with van der Waals surface area (Å²) in [4.78, 5) is 11.7. The van der Waals surface area contributed by atoms with Crippen molar-refractivity contribution in [1.82, 2.24) is 0 Å². The number of hydrogen-bond acceptors (Lipinski definition) is 3. The van der Waals surface area contributed by atoms with E-state index < -0.39 is 17.5 Å². The molecule has 21 heavy (non-hydrogen) atoms. The zero-order chi connectivity index (χ0) is 15.2. The molecule has 4 nitrogen and oxygen atoms in total. The predicted molar refractivity (Wildman–Crippen MR) is 76.5 cm³/mol. The van der Waals surface area contributed by atoms with Crippen molar-refractivity contribution in [2.45, 2.75) is 0 Å². The lowest BCUT2D eigenvalue weighted by Crippen LogP contribution is -2.22. The van der Waals surface area contributed by atoms with Gasteiger partial charge in [0.1, 0.15) is 5.82 Å². The topological polar surface area (TPSA) is 50.4 Å². The zero-order valence-corrected chi connectivity index (χ0v) is 11.3. The van der Waals surface area contributed by atoms with Crippen molar-refractivity contribution < 1.29 is 18.3 Å². The number of carbonyl (C=O) groups excluding carboxylic acids is 1. The van der Waals surface area contributed by atoms with E-state index >= 15 is 0 Å². The molecule has 2 N–H and O–H groups in total. The van der Waals surface area contributed by atoms with Crippen molar-refractivity contribution >= 4 is 17.3 Å². The molecule has 0 aliphatic carbocycles. The molecular formula is C15H14F2N2O2. The summed E-state index contributed by atoms with van der Waals surface area (Å²) in [5.74, 6) is -1.33. The molecule has 0 unspecified atom stereocenters. The van der Waals surface area contributed by atoms with Crippen molar-refractivity contribution in [3.8, 4) is 5.75 Å². The van der Waals surface area contributed by atoms with E-state index in [4.69, 9.17) is 4.74 Å².